The Hall–Kier alpha value is -0.130. The molecule has 19 heavy (non-hydrogen) atoms. The van der Waals surface area contributed by atoms with E-state index in [0.29, 0.717) is 26.8 Å². The summed E-state index contributed by atoms with van der Waals surface area (Å²) >= 11 is 13.2. The first kappa shape index (κ1) is 15.3. The second-order valence-electron chi connectivity index (χ2n) is 4.71. The van der Waals surface area contributed by atoms with Gasteiger partial charge in [0.05, 0.1) is 16.4 Å². The predicted molar refractivity (Wildman–Crippen MR) is 81.8 cm³/mol. The monoisotopic (exact) mass is 320 g/mol. The number of nitrogens with one attached hydrogen (secondary N) is 1. The number of halogens is 2. The van der Waals surface area contributed by atoms with Gasteiger partial charge in [0.2, 0.25) is 0 Å². The number of hydrogen-bond donors (Lipinski definition) is 1. The summed E-state index contributed by atoms with van der Waals surface area (Å²) in [7, 11) is 0. The molecule has 1 fully saturated rings. The van der Waals surface area contributed by atoms with Crippen LogP contribution in [0.5, 0.6) is 0 Å². The molecule has 0 unspecified atom stereocenters. The lowest BCUT2D eigenvalue weighted by molar-refractivity contribution is 0.0875. The van der Waals surface area contributed by atoms with Crippen molar-refractivity contribution in [2.45, 2.75) is 25.8 Å². The zero-order valence-corrected chi connectivity index (χ0v) is 13.2. The first-order valence-corrected chi connectivity index (χ1v) is 8.12. The number of rotatable bonds is 5. The highest BCUT2D eigenvalue weighted by molar-refractivity contribution is 7.20. The molecular weight excluding hydrogens is 303 g/mol. The van der Waals surface area contributed by atoms with Gasteiger partial charge in [0.25, 0.3) is 0 Å². The zero-order chi connectivity index (χ0) is 13.8. The maximum absolute atomic E-state index is 12.3. The second kappa shape index (κ2) is 7.04. The lowest BCUT2D eigenvalue weighted by Crippen LogP contribution is -2.45. The third-order valence-electron chi connectivity index (χ3n) is 3.54. The molecule has 1 saturated heterocycles. The molecule has 3 nitrogen and oxygen atoms in total. The molecular formula is C13H18Cl2N2OS. The van der Waals surface area contributed by atoms with Gasteiger partial charge in [-0.15, -0.1) is 11.3 Å². The Balaban J connectivity index is 2.01. The van der Waals surface area contributed by atoms with Gasteiger partial charge in [0.1, 0.15) is 4.34 Å². The molecule has 6 heteroatoms. The van der Waals surface area contributed by atoms with E-state index in [1.807, 2.05) is 0 Å². The summed E-state index contributed by atoms with van der Waals surface area (Å²) in [5.74, 6) is 0.0635. The molecule has 1 aliphatic heterocycles. The highest BCUT2D eigenvalue weighted by atomic mass is 35.5. The van der Waals surface area contributed by atoms with Crippen molar-refractivity contribution in [1.29, 1.82) is 0 Å². The molecule has 0 aliphatic carbocycles. The number of likely N-dealkylation sites (N-methyl/N-ethyl adjacent to an activating group) is 1. The molecule has 2 rings (SSSR count). The van der Waals surface area contributed by atoms with Crippen LogP contribution in [0.4, 0.5) is 0 Å². The van der Waals surface area contributed by atoms with Crippen LogP contribution in [0.1, 0.15) is 30.1 Å². The van der Waals surface area contributed by atoms with Gasteiger partial charge in [0, 0.05) is 6.04 Å². The maximum Gasteiger partial charge on any atom is 0.179 e. The van der Waals surface area contributed by atoms with Crippen LogP contribution in [-0.4, -0.2) is 42.9 Å². The number of carbonyl (C=O) groups is 1. The largest absolute Gasteiger partial charge is 0.317 e. The van der Waals surface area contributed by atoms with Crippen molar-refractivity contribution in [3.05, 3.63) is 20.3 Å². The van der Waals surface area contributed by atoms with Crippen molar-refractivity contribution in [3.63, 3.8) is 0 Å². The van der Waals surface area contributed by atoms with Crippen molar-refractivity contribution in [1.82, 2.24) is 10.2 Å². The normalized spacial score (nSPS) is 17.1. The molecule has 0 atom stereocenters. The van der Waals surface area contributed by atoms with Crippen molar-refractivity contribution in [3.8, 4) is 0 Å². The van der Waals surface area contributed by atoms with Crippen LogP contribution in [-0.2, 0) is 0 Å². The summed E-state index contributed by atoms with van der Waals surface area (Å²) < 4.78 is 1.06. The van der Waals surface area contributed by atoms with Crippen LogP contribution >= 0.6 is 34.5 Å². The number of Topliss-reactive ketones (excluding diaryl/α,β-unsaturated/α-hetero) is 1. The minimum Gasteiger partial charge on any atom is -0.317 e. The molecule has 0 aromatic carbocycles. The van der Waals surface area contributed by atoms with E-state index in [9.17, 15) is 4.79 Å². The van der Waals surface area contributed by atoms with Gasteiger partial charge in [-0.1, -0.05) is 30.1 Å². The van der Waals surface area contributed by atoms with Crippen LogP contribution in [0, 0.1) is 0 Å². The number of ketones is 1. The Morgan fingerprint density at radius 2 is 2.16 bits per heavy atom. The van der Waals surface area contributed by atoms with Crippen molar-refractivity contribution in [2.24, 2.45) is 0 Å². The number of thiophene rings is 1. The molecule has 1 aromatic heterocycles. The van der Waals surface area contributed by atoms with Gasteiger partial charge >= 0.3 is 0 Å². The van der Waals surface area contributed by atoms with Crippen LogP contribution < -0.4 is 5.32 Å². The minimum absolute atomic E-state index is 0.0635. The van der Waals surface area contributed by atoms with Gasteiger partial charge in [-0.25, -0.2) is 0 Å². The van der Waals surface area contributed by atoms with Gasteiger partial charge < -0.3 is 5.32 Å². The molecule has 0 bridgehead atoms. The lowest BCUT2D eigenvalue weighted by Gasteiger charge is -2.33. The Labute approximate surface area is 127 Å². The average molecular weight is 321 g/mol. The van der Waals surface area contributed by atoms with E-state index >= 15 is 0 Å². The highest BCUT2D eigenvalue weighted by Gasteiger charge is 2.23. The Morgan fingerprint density at radius 3 is 2.68 bits per heavy atom. The van der Waals surface area contributed by atoms with E-state index < -0.39 is 0 Å². The molecule has 1 aromatic rings. The van der Waals surface area contributed by atoms with Crippen LogP contribution in [0.2, 0.25) is 8.67 Å². The number of hydrogen-bond acceptors (Lipinski definition) is 4. The second-order valence-corrected chi connectivity index (χ2v) is 6.99. The van der Waals surface area contributed by atoms with E-state index in [4.69, 9.17) is 23.2 Å². The summed E-state index contributed by atoms with van der Waals surface area (Å²) in [6.07, 6.45) is 2.19. The van der Waals surface area contributed by atoms with Gasteiger partial charge in [-0.05, 0) is 38.5 Å². The van der Waals surface area contributed by atoms with E-state index in [-0.39, 0.29) is 5.78 Å². The Kier molecular flexibility index (Phi) is 5.66. The fourth-order valence-electron chi connectivity index (χ4n) is 2.47. The summed E-state index contributed by atoms with van der Waals surface area (Å²) in [6, 6.07) is 2.16. The molecule has 106 valence electrons. The summed E-state index contributed by atoms with van der Waals surface area (Å²) in [4.78, 5) is 14.5. The van der Waals surface area contributed by atoms with Crippen molar-refractivity contribution < 1.29 is 4.79 Å². The summed E-state index contributed by atoms with van der Waals surface area (Å²) in [6.45, 7) is 5.46. The molecule has 0 radical (unpaired) electrons. The molecule has 0 spiro atoms. The van der Waals surface area contributed by atoms with E-state index in [0.717, 1.165) is 32.5 Å². The SMILES string of the molecule is CCN(CC(=O)c1cc(Cl)sc1Cl)C1CCNCC1. The van der Waals surface area contributed by atoms with E-state index in [1.54, 1.807) is 6.07 Å². The Bertz CT molecular complexity index is 444. The molecule has 1 aliphatic rings. The lowest BCUT2D eigenvalue weighted by atomic mass is 10.0. The Morgan fingerprint density at radius 1 is 1.47 bits per heavy atom. The average Bonchev–Trinajstić information content (AvgIpc) is 2.76. The highest BCUT2D eigenvalue weighted by Crippen LogP contribution is 2.31. The third kappa shape index (κ3) is 3.92. The molecule has 0 amide bonds. The van der Waals surface area contributed by atoms with Gasteiger partial charge in [-0.3, -0.25) is 9.69 Å². The molecule has 2 heterocycles. The molecule has 1 N–H and O–H groups in total. The predicted octanol–water partition coefficient (Wildman–Crippen LogP) is 3.31. The van der Waals surface area contributed by atoms with Gasteiger partial charge in [0.15, 0.2) is 5.78 Å². The van der Waals surface area contributed by atoms with E-state index in [2.05, 4.69) is 17.1 Å². The van der Waals surface area contributed by atoms with Crippen molar-refractivity contribution >= 4 is 40.3 Å². The van der Waals surface area contributed by atoms with Crippen LogP contribution in [0.15, 0.2) is 6.07 Å². The zero-order valence-electron chi connectivity index (χ0n) is 10.9. The minimum atomic E-state index is 0.0635. The quantitative estimate of drug-likeness (QED) is 0.845. The first-order chi connectivity index (χ1) is 9.11. The van der Waals surface area contributed by atoms with Crippen molar-refractivity contribution in [2.75, 3.05) is 26.2 Å². The summed E-state index contributed by atoms with van der Waals surface area (Å²) in [5, 5.41) is 3.34. The summed E-state index contributed by atoms with van der Waals surface area (Å²) in [5.41, 5.74) is 0.559. The maximum atomic E-state index is 12.3. The number of nitrogens with zero attached hydrogens (tertiary/aromatic N) is 1. The standard InChI is InChI=1S/C13H18Cl2N2OS/c1-2-17(9-3-5-16-6-4-9)8-11(18)10-7-12(14)19-13(10)15/h7,9,16H,2-6,8H2,1H3. The fourth-order valence-corrected chi connectivity index (χ4v) is 3.97. The number of carbonyl (C=O) groups excluding carboxylic acids is 1. The van der Waals surface area contributed by atoms with E-state index in [1.165, 1.54) is 11.3 Å². The first-order valence-electron chi connectivity index (χ1n) is 6.54. The van der Waals surface area contributed by atoms with Crippen LogP contribution in [0.3, 0.4) is 0 Å². The fraction of sp³-hybridized carbons (Fsp3) is 0.615. The topological polar surface area (TPSA) is 32.3 Å². The van der Waals surface area contributed by atoms with Crippen LogP contribution in [0.25, 0.3) is 0 Å². The third-order valence-corrected chi connectivity index (χ3v) is 5.02. The smallest absolute Gasteiger partial charge is 0.179 e. The number of piperidine rings is 1. The molecule has 0 saturated carbocycles. The van der Waals surface area contributed by atoms with Gasteiger partial charge in [-0.2, -0.15) is 0 Å².